The van der Waals surface area contributed by atoms with Crippen LogP contribution in [0.4, 0.5) is 11.6 Å². The van der Waals surface area contributed by atoms with Crippen LogP contribution in [-0.2, 0) is 4.74 Å². The summed E-state index contributed by atoms with van der Waals surface area (Å²) in [5, 5.41) is 16.8. The molecule has 202 valence electrons. The smallest absolute Gasteiger partial charge is 0.164 e. The molecule has 1 saturated heterocycles. The van der Waals surface area contributed by atoms with Gasteiger partial charge in [0.05, 0.1) is 0 Å². The predicted molar refractivity (Wildman–Crippen MR) is 147 cm³/mol. The number of likely N-dealkylation sites (N-methyl/N-ethyl adjacent to an activating group) is 1. The summed E-state index contributed by atoms with van der Waals surface area (Å²) in [6.45, 7) is 4.48. The van der Waals surface area contributed by atoms with Crippen molar-refractivity contribution in [3.63, 3.8) is 0 Å². The van der Waals surface area contributed by atoms with Gasteiger partial charge < -0.3 is 30.1 Å². The third-order valence-corrected chi connectivity index (χ3v) is 7.81. The second kappa shape index (κ2) is 12.4. The molecule has 1 aromatic carbocycles. The van der Waals surface area contributed by atoms with Crippen molar-refractivity contribution in [3.05, 3.63) is 29.8 Å². The number of aliphatic hydroxyl groups is 1. The fourth-order valence-corrected chi connectivity index (χ4v) is 5.63. The van der Waals surface area contributed by atoms with Crippen molar-refractivity contribution in [2.24, 2.45) is 0 Å². The molecule has 8 heteroatoms. The number of aromatic nitrogens is 2. The van der Waals surface area contributed by atoms with E-state index in [4.69, 9.17) is 19.4 Å². The molecule has 3 aliphatic rings. The fraction of sp³-hybridized carbons (Fsp3) is 0.655. The summed E-state index contributed by atoms with van der Waals surface area (Å²) < 4.78 is 11.5. The lowest BCUT2D eigenvalue weighted by Crippen LogP contribution is -2.40. The Morgan fingerprint density at radius 1 is 1.05 bits per heavy atom. The van der Waals surface area contributed by atoms with E-state index < -0.39 is 6.10 Å². The average Bonchev–Trinajstić information content (AvgIpc) is 3.76. The highest BCUT2D eigenvalue weighted by atomic mass is 16.5. The molecule has 0 amide bonds. The third kappa shape index (κ3) is 6.72. The molecule has 0 radical (unpaired) electrons. The van der Waals surface area contributed by atoms with Crippen LogP contribution >= 0.6 is 0 Å². The van der Waals surface area contributed by atoms with E-state index >= 15 is 0 Å². The molecule has 1 aromatic heterocycles. The Balaban J connectivity index is 1.48. The van der Waals surface area contributed by atoms with Gasteiger partial charge in [0.15, 0.2) is 5.82 Å². The molecule has 1 unspecified atom stereocenters. The molecule has 5 rings (SSSR count). The molecule has 2 saturated carbocycles. The van der Waals surface area contributed by atoms with Crippen molar-refractivity contribution in [2.45, 2.75) is 88.9 Å². The molecular formula is C29H43N5O3. The van der Waals surface area contributed by atoms with Crippen LogP contribution in [0.2, 0.25) is 0 Å². The zero-order chi connectivity index (χ0) is 25.6. The van der Waals surface area contributed by atoms with E-state index in [2.05, 4.69) is 22.5 Å². The molecule has 0 bridgehead atoms. The Morgan fingerprint density at radius 2 is 1.81 bits per heavy atom. The summed E-state index contributed by atoms with van der Waals surface area (Å²) >= 11 is 0. The summed E-state index contributed by atoms with van der Waals surface area (Å²) in [7, 11) is 1.82. The molecule has 0 spiro atoms. The second-order valence-corrected chi connectivity index (χ2v) is 10.9. The number of aliphatic hydroxyl groups excluding tert-OH is 1. The minimum atomic E-state index is -0.561. The summed E-state index contributed by atoms with van der Waals surface area (Å²) in [5.41, 5.74) is 2.08. The maximum Gasteiger partial charge on any atom is 0.164 e. The maximum atomic E-state index is 10.1. The van der Waals surface area contributed by atoms with Crippen LogP contribution in [-0.4, -0.2) is 72.7 Å². The summed E-state index contributed by atoms with van der Waals surface area (Å²) in [5.74, 6) is 3.45. The number of nitrogens with one attached hydrogen (secondary N) is 2. The Bertz CT molecular complexity index is 1020. The molecule has 3 N–H and O–H groups in total. The van der Waals surface area contributed by atoms with Crippen LogP contribution in [0.3, 0.4) is 0 Å². The van der Waals surface area contributed by atoms with Gasteiger partial charge in [0.2, 0.25) is 0 Å². The Morgan fingerprint density at radius 3 is 2.54 bits per heavy atom. The summed E-state index contributed by atoms with van der Waals surface area (Å²) in [4.78, 5) is 12.9. The van der Waals surface area contributed by atoms with E-state index in [-0.39, 0.29) is 6.61 Å². The Hall–Kier alpha value is -2.42. The van der Waals surface area contributed by atoms with E-state index in [0.717, 1.165) is 54.6 Å². The molecule has 1 atom stereocenters. The van der Waals surface area contributed by atoms with Gasteiger partial charge in [-0.1, -0.05) is 31.4 Å². The zero-order valence-corrected chi connectivity index (χ0v) is 22.4. The van der Waals surface area contributed by atoms with Gasteiger partial charge in [-0.05, 0) is 64.6 Å². The van der Waals surface area contributed by atoms with Gasteiger partial charge in [-0.2, -0.15) is 0 Å². The zero-order valence-electron chi connectivity index (χ0n) is 22.4. The van der Waals surface area contributed by atoms with Gasteiger partial charge in [0.25, 0.3) is 0 Å². The van der Waals surface area contributed by atoms with Crippen LogP contribution in [0.15, 0.2) is 24.3 Å². The van der Waals surface area contributed by atoms with E-state index in [9.17, 15) is 5.11 Å². The van der Waals surface area contributed by atoms with Crippen molar-refractivity contribution >= 4 is 11.6 Å². The SMILES string of the molecule is CNCC(O)COc1cccc(-c2nc(NC3CCOCC3)c(C)c(N(C3CCCCC3)C3CC3)n2)c1. The van der Waals surface area contributed by atoms with Gasteiger partial charge in [-0.3, -0.25) is 0 Å². The standard InChI is InChI=1S/C29H43N5O3/c1-20-27(31-22-13-15-36-16-14-22)32-28(21-7-6-10-26(17-21)37-19-25(35)18-30-2)33-29(20)34(24-11-12-24)23-8-4-3-5-9-23/h6-7,10,17,22-25,30,35H,3-5,8-9,11-16,18-19H2,1-2H3,(H,31,32,33). The molecule has 2 aromatic rings. The van der Waals surface area contributed by atoms with Crippen LogP contribution in [0, 0.1) is 6.92 Å². The largest absolute Gasteiger partial charge is 0.491 e. The normalized spacial score (nSPS) is 20.0. The van der Waals surface area contributed by atoms with E-state index in [1.54, 1.807) is 0 Å². The van der Waals surface area contributed by atoms with E-state index in [1.165, 1.54) is 44.9 Å². The Labute approximate surface area is 221 Å². The number of rotatable bonds is 11. The minimum absolute atomic E-state index is 0.234. The monoisotopic (exact) mass is 509 g/mol. The van der Waals surface area contributed by atoms with Crippen LogP contribution in [0.25, 0.3) is 11.4 Å². The van der Waals surface area contributed by atoms with Gasteiger partial charge in [0.1, 0.15) is 30.1 Å². The van der Waals surface area contributed by atoms with Crippen LogP contribution in [0.1, 0.15) is 63.4 Å². The summed E-state index contributed by atoms with van der Waals surface area (Å²) in [6.07, 6.45) is 10.3. The quantitative estimate of drug-likeness (QED) is 0.413. The van der Waals surface area contributed by atoms with Crippen molar-refractivity contribution in [3.8, 4) is 17.1 Å². The van der Waals surface area contributed by atoms with Gasteiger partial charge in [-0.15, -0.1) is 0 Å². The number of anilines is 2. The molecule has 8 nitrogen and oxygen atoms in total. The van der Waals surface area contributed by atoms with E-state index in [0.29, 0.717) is 30.4 Å². The van der Waals surface area contributed by atoms with Crippen molar-refractivity contribution in [1.29, 1.82) is 0 Å². The first kappa shape index (κ1) is 26.2. The number of ether oxygens (including phenoxy) is 2. The van der Waals surface area contributed by atoms with Gasteiger partial charge in [0, 0.05) is 49.0 Å². The predicted octanol–water partition coefficient (Wildman–Crippen LogP) is 4.30. The van der Waals surface area contributed by atoms with Gasteiger partial charge >= 0.3 is 0 Å². The number of nitrogens with zero attached hydrogens (tertiary/aromatic N) is 3. The first-order valence-corrected chi connectivity index (χ1v) is 14.2. The molecule has 3 fully saturated rings. The van der Waals surface area contributed by atoms with Crippen molar-refractivity contribution in [1.82, 2.24) is 15.3 Å². The highest BCUT2D eigenvalue weighted by molar-refractivity contribution is 5.68. The minimum Gasteiger partial charge on any atom is -0.491 e. The molecule has 2 aliphatic carbocycles. The number of hydrogen-bond acceptors (Lipinski definition) is 8. The third-order valence-electron chi connectivity index (χ3n) is 7.81. The lowest BCUT2D eigenvalue weighted by Gasteiger charge is -2.37. The lowest BCUT2D eigenvalue weighted by atomic mass is 9.93. The molecule has 2 heterocycles. The average molecular weight is 510 g/mol. The highest BCUT2D eigenvalue weighted by Gasteiger charge is 2.37. The van der Waals surface area contributed by atoms with Crippen molar-refractivity contribution < 1.29 is 14.6 Å². The Kier molecular flexibility index (Phi) is 8.79. The maximum absolute atomic E-state index is 10.1. The first-order chi connectivity index (χ1) is 18.1. The molecule has 1 aliphatic heterocycles. The van der Waals surface area contributed by atoms with Crippen LogP contribution < -0.4 is 20.3 Å². The molecular weight excluding hydrogens is 466 g/mol. The topological polar surface area (TPSA) is 91.8 Å². The van der Waals surface area contributed by atoms with Gasteiger partial charge in [-0.25, -0.2) is 9.97 Å². The fourth-order valence-electron chi connectivity index (χ4n) is 5.63. The number of hydrogen-bond donors (Lipinski definition) is 3. The number of benzene rings is 1. The van der Waals surface area contributed by atoms with Crippen molar-refractivity contribution in [2.75, 3.05) is 43.6 Å². The lowest BCUT2D eigenvalue weighted by molar-refractivity contribution is 0.0904. The second-order valence-electron chi connectivity index (χ2n) is 10.9. The summed E-state index contributed by atoms with van der Waals surface area (Å²) in [6, 6.07) is 9.43. The molecule has 37 heavy (non-hydrogen) atoms. The van der Waals surface area contributed by atoms with E-state index in [1.807, 2.05) is 31.3 Å². The first-order valence-electron chi connectivity index (χ1n) is 14.2. The highest BCUT2D eigenvalue weighted by Crippen LogP contribution is 2.40. The van der Waals surface area contributed by atoms with Crippen LogP contribution in [0.5, 0.6) is 5.75 Å².